The van der Waals surface area contributed by atoms with Crippen molar-refractivity contribution in [3.8, 4) is 5.75 Å². The summed E-state index contributed by atoms with van der Waals surface area (Å²) >= 11 is 6.16. The molecule has 1 aromatic heterocycles. The smallest absolute Gasteiger partial charge is 0.338 e. The number of hydrogen-bond acceptors (Lipinski definition) is 5. The normalized spacial score (nSPS) is 13.3. The number of nitrogens with one attached hydrogen (secondary N) is 1. The molecule has 1 unspecified atom stereocenters. The Balaban J connectivity index is 2.68. The summed E-state index contributed by atoms with van der Waals surface area (Å²) in [4.78, 5) is 40.5. The van der Waals surface area contributed by atoms with Crippen LogP contribution >= 0.6 is 11.6 Å². The van der Waals surface area contributed by atoms with Crippen LogP contribution in [0.4, 0.5) is 0 Å². The van der Waals surface area contributed by atoms with Crippen molar-refractivity contribution < 1.29 is 24.2 Å². The maximum atomic E-state index is 12.8. The van der Waals surface area contributed by atoms with Gasteiger partial charge >= 0.3 is 5.97 Å². The minimum absolute atomic E-state index is 0.205. The lowest BCUT2D eigenvalue weighted by Gasteiger charge is -2.31. The molecule has 2 aromatic rings. The largest absolute Gasteiger partial charge is 0.496 e. The fraction of sp³-hybridized carbons (Fsp3) is 0.333. The zero-order valence-corrected chi connectivity index (χ0v) is 16.0. The maximum absolute atomic E-state index is 12.8. The summed E-state index contributed by atoms with van der Waals surface area (Å²) < 4.78 is 5.21. The Morgan fingerprint density at radius 1 is 1.33 bits per heavy atom. The van der Waals surface area contributed by atoms with Crippen LogP contribution in [-0.2, 0) is 4.79 Å². The molecule has 0 aliphatic carbocycles. The Hall–Kier alpha value is -2.87. The van der Waals surface area contributed by atoms with Crippen molar-refractivity contribution >= 4 is 40.3 Å². The molecule has 144 valence electrons. The van der Waals surface area contributed by atoms with Gasteiger partial charge in [0.15, 0.2) is 0 Å². The number of benzene rings is 1. The van der Waals surface area contributed by atoms with Crippen molar-refractivity contribution in [3.05, 3.63) is 34.5 Å². The zero-order chi connectivity index (χ0) is 20.5. The minimum atomic E-state index is -1.39. The number of amides is 2. The molecule has 0 fully saturated rings. The predicted molar refractivity (Wildman–Crippen MR) is 100 cm³/mol. The third-order valence-electron chi connectivity index (χ3n) is 4.60. The van der Waals surface area contributed by atoms with Crippen LogP contribution in [0, 0.1) is 5.92 Å². The summed E-state index contributed by atoms with van der Waals surface area (Å²) in [7, 11) is 1.42. The van der Waals surface area contributed by atoms with E-state index in [4.69, 9.17) is 22.1 Å². The first-order chi connectivity index (χ1) is 12.5. The second-order valence-corrected chi connectivity index (χ2v) is 6.92. The number of nitrogens with two attached hydrogens (primary N) is 1. The van der Waals surface area contributed by atoms with Gasteiger partial charge in [-0.25, -0.2) is 9.78 Å². The highest BCUT2D eigenvalue weighted by Crippen LogP contribution is 2.32. The van der Waals surface area contributed by atoms with Gasteiger partial charge in [0.1, 0.15) is 17.0 Å². The van der Waals surface area contributed by atoms with Gasteiger partial charge in [-0.15, -0.1) is 0 Å². The van der Waals surface area contributed by atoms with Crippen molar-refractivity contribution in [2.75, 3.05) is 7.11 Å². The number of methoxy groups -OCH3 is 1. The third-order valence-corrected chi connectivity index (χ3v) is 4.91. The van der Waals surface area contributed by atoms with Crippen molar-refractivity contribution in [2.24, 2.45) is 11.7 Å². The number of hydrogen-bond donors (Lipinski definition) is 3. The molecular formula is C18H20ClN3O5. The molecule has 0 aliphatic heterocycles. The standard InChI is InChI=1S/C18H20ClN3O5/c1-8(2)18(3,17(20)26)22-15(23)14-10(16(24)25)7-9-12(27-4)6-5-11(19)13(9)21-14/h5-8H,1-4H3,(H2,20,26)(H,22,23)(H,24,25). The van der Waals surface area contributed by atoms with Crippen LogP contribution in [0.1, 0.15) is 41.6 Å². The SMILES string of the molecule is COc1ccc(Cl)c2nc(C(=O)NC(C)(C(N)=O)C(C)C)c(C(=O)O)cc12. The Labute approximate surface area is 160 Å². The first-order valence-corrected chi connectivity index (χ1v) is 8.43. The molecule has 1 atom stereocenters. The van der Waals surface area contributed by atoms with E-state index >= 15 is 0 Å². The molecule has 0 bridgehead atoms. The van der Waals surface area contributed by atoms with E-state index in [0.717, 1.165) is 0 Å². The molecule has 0 radical (unpaired) electrons. The highest BCUT2D eigenvalue weighted by molar-refractivity contribution is 6.35. The fourth-order valence-corrected chi connectivity index (χ4v) is 2.71. The summed E-state index contributed by atoms with van der Waals surface area (Å²) in [6, 6.07) is 4.36. The number of aromatic carboxylic acids is 1. The number of halogens is 1. The van der Waals surface area contributed by atoms with Crippen molar-refractivity contribution in [1.82, 2.24) is 10.3 Å². The molecule has 1 heterocycles. The van der Waals surface area contributed by atoms with Crippen molar-refractivity contribution in [1.29, 1.82) is 0 Å². The number of carbonyl (C=O) groups excluding carboxylic acids is 2. The molecule has 27 heavy (non-hydrogen) atoms. The molecule has 2 rings (SSSR count). The summed E-state index contributed by atoms with van der Waals surface area (Å²) in [5.41, 5.74) is 3.51. The number of pyridine rings is 1. The molecule has 8 nitrogen and oxygen atoms in total. The van der Waals surface area contributed by atoms with E-state index in [1.165, 1.54) is 26.2 Å². The van der Waals surface area contributed by atoms with E-state index in [1.54, 1.807) is 19.9 Å². The Morgan fingerprint density at radius 2 is 1.96 bits per heavy atom. The highest BCUT2D eigenvalue weighted by Gasteiger charge is 2.37. The molecule has 4 N–H and O–H groups in total. The van der Waals surface area contributed by atoms with Crippen LogP contribution in [0.5, 0.6) is 5.75 Å². The number of ether oxygens (including phenoxy) is 1. The lowest BCUT2D eigenvalue weighted by atomic mass is 9.87. The third kappa shape index (κ3) is 3.66. The maximum Gasteiger partial charge on any atom is 0.338 e. The number of rotatable bonds is 6. The van der Waals surface area contributed by atoms with Crippen LogP contribution in [0.3, 0.4) is 0 Å². The van der Waals surface area contributed by atoms with Gasteiger partial charge < -0.3 is 20.9 Å². The van der Waals surface area contributed by atoms with Crippen molar-refractivity contribution in [3.63, 3.8) is 0 Å². The van der Waals surface area contributed by atoms with Crippen LogP contribution in [0.15, 0.2) is 18.2 Å². The Morgan fingerprint density at radius 3 is 2.44 bits per heavy atom. The van der Waals surface area contributed by atoms with Gasteiger partial charge in [0.2, 0.25) is 5.91 Å². The fourth-order valence-electron chi connectivity index (χ4n) is 2.50. The number of carboxylic acid groups (broad SMARTS) is 1. The van der Waals surface area contributed by atoms with Crippen LogP contribution in [0.25, 0.3) is 10.9 Å². The molecule has 1 aromatic carbocycles. The quantitative estimate of drug-likeness (QED) is 0.689. The molecule has 0 spiro atoms. The van der Waals surface area contributed by atoms with Gasteiger partial charge in [0.05, 0.1) is 23.2 Å². The molecule has 2 amide bonds. The monoisotopic (exact) mass is 393 g/mol. The molecular weight excluding hydrogens is 374 g/mol. The van der Waals surface area contributed by atoms with Gasteiger partial charge in [0, 0.05) is 5.39 Å². The summed E-state index contributed by atoms with van der Waals surface area (Å²) in [5.74, 6) is -2.93. The van der Waals surface area contributed by atoms with E-state index in [1.807, 2.05) is 0 Å². The molecule has 0 saturated heterocycles. The van der Waals surface area contributed by atoms with Crippen LogP contribution in [-0.4, -0.2) is 40.5 Å². The Kier molecular flexibility index (Phi) is 5.60. The lowest BCUT2D eigenvalue weighted by Crippen LogP contribution is -2.58. The van der Waals surface area contributed by atoms with E-state index in [0.29, 0.717) is 11.1 Å². The van der Waals surface area contributed by atoms with E-state index in [2.05, 4.69) is 10.3 Å². The van der Waals surface area contributed by atoms with Gasteiger partial charge in [-0.2, -0.15) is 0 Å². The van der Waals surface area contributed by atoms with Gasteiger partial charge in [0.25, 0.3) is 5.91 Å². The van der Waals surface area contributed by atoms with Crippen molar-refractivity contribution in [2.45, 2.75) is 26.3 Å². The average molecular weight is 394 g/mol. The number of carbonyl (C=O) groups is 3. The Bertz CT molecular complexity index is 944. The number of fused-ring (bicyclic) bond motifs is 1. The first kappa shape index (κ1) is 20.4. The summed E-state index contributed by atoms with van der Waals surface area (Å²) in [6.45, 7) is 4.88. The van der Waals surface area contributed by atoms with Gasteiger partial charge in [-0.1, -0.05) is 25.4 Å². The first-order valence-electron chi connectivity index (χ1n) is 8.05. The second-order valence-electron chi connectivity index (χ2n) is 6.51. The second kappa shape index (κ2) is 7.40. The highest BCUT2D eigenvalue weighted by atomic mass is 35.5. The van der Waals surface area contributed by atoms with E-state index < -0.39 is 23.3 Å². The molecule has 9 heteroatoms. The topological polar surface area (TPSA) is 132 Å². The van der Waals surface area contributed by atoms with E-state index in [9.17, 15) is 19.5 Å². The lowest BCUT2D eigenvalue weighted by molar-refractivity contribution is -0.125. The summed E-state index contributed by atoms with van der Waals surface area (Å²) in [5, 5.41) is 12.6. The summed E-state index contributed by atoms with van der Waals surface area (Å²) in [6.07, 6.45) is 0. The minimum Gasteiger partial charge on any atom is -0.496 e. The van der Waals surface area contributed by atoms with Crippen LogP contribution < -0.4 is 15.8 Å². The number of carboxylic acids is 1. The number of primary amides is 1. The van der Waals surface area contributed by atoms with Crippen LogP contribution in [0.2, 0.25) is 5.02 Å². The molecule has 0 saturated carbocycles. The van der Waals surface area contributed by atoms with E-state index in [-0.39, 0.29) is 27.7 Å². The average Bonchev–Trinajstić information content (AvgIpc) is 2.60. The zero-order valence-electron chi connectivity index (χ0n) is 15.3. The molecule has 0 aliphatic rings. The van der Waals surface area contributed by atoms with Gasteiger partial charge in [-0.05, 0) is 31.0 Å². The predicted octanol–water partition coefficient (Wildman–Crippen LogP) is 2.22. The number of aromatic nitrogens is 1. The number of nitrogens with zero attached hydrogens (tertiary/aromatic N) is 1. The van der Waals surface area contributed by atoms with Gasteiger partial charge in [-0.3, -0.25) is 9.59 Å².